The van der Waals surface area contributed by atoms with Crippen molar-refractivity contribution in [1.82, 2.24) is 10.6 Å². The minimum atomic E-state index is -4.41. The fourth-order valence-electron chi connectivity index (χ4n) is 1.36. The van der Waals surface area contributed by atoms with Gasteiger partial charge in [-0.1, -0.05) is 0 Å². The first-order chi connectivity index (χ1) is 9.34. The Balaban J connectivity index is 0.00000400. The van der Waals surface area contributed by atoms with Crippen LogP contribution in [0, 0.1) is 0 Å². The molecule has 5 nitrogen and oxygen atoms in total. The summed E-state index contributed by atoms with van der Waals surface area (Å²) in [5.41, 5.74) is 4.75. The number of nitrogens with zero attached hydrogens (tertiary/aromatic N) is 1. The van der Waals surface area contributed by atoms with E-state index in [0.29, 0.717) is 6.54 Å². The highest BCUT2D eigenvalue weighted by Crippen LogP contribution is 2.28. The summed E-state index contributed by atoms with van der Waals surface area (Å²) in [6.45, 7) is 0.644. The zero-order valence-corrected chi connectivity index (χ0v) is 13.5. The van der Waals surface area contributed by atoms with Gasteiger partial charge in [-0.25, -0.2) is 0 Å². The van der Waals surface area contributed by atoms with Gasteiger partial charge in [0.2, 0.25) is 0 Å². The van der Waals surface area contributed by atoms with Crippen LogP contribution >= 0.6 is 24.0 Å². The van der Waals surface area contributed by atoms with E-state index in [0.717, 1.165) is 24.3 Å². The molecule has 1 aromatic carbocycles. The maximum atomic E-state index is 12.3. The van der Waals surface area contributed by atoms with Crippen molar-refractivity contribution in [2.45, 2.75) is 6.18 Å². The molecule has 1 rings (SSSR count). The number of nitrogens with two attached hydrogens (primary N) is 1. The van der Waals surface area contributed by atoms with E-state index in [2.05, 4.69) is 15.6 Å². The van der Waals surface area contributed by atoms with Crippen molar-refractivity contribution in [2.24, 2.45) is 10.7 Å². The predicted octanol–water partition coefficient (Wildman–Crippen LogP) is 1.59. The second-order valence-electron chi connectivity index (χ2n) is 3.87. The highest BCUT2D eigenvalue weighted by atomic mass is 127. The smallest absolute Gasteiger partial charge is 0.370 e. The summed E-state index contributed by atoms with van der Waals surface area (Å²) >= 11 is 0. The van der Waals surface area contributed by atoms with Crippen LogP contribution in [-0.4, -0.2) is 32.0 Å². The van der Waals surface area contributed by atoms with Gasteiger partial charge in [-0.05, 0) is 24.3 Å². The van der Waals surface area contributed by atoms with Gasteiger partial charge in [0.1, 0.15) is 0 Å². The average molecular weight is 416 g/mol. The molecule has 0 atom stereocenters. The number of halogens is 4. The lowest BCUT2D eigenvalue weighted by Gasteiger charge is -2.09. The van der Waals surface area contributed by atoms with E-state index in [1.807, 2.05) is 0 Å². The van der Waals surface area contributed by atoms with Gasteiger partial charge >= 0.3 is 6.18 Å². The SMILES string of the molecule is CN=C(N)NCCNC(=O)c1ccc(C(F)(F)F)cc1.I. The Morgan fingerprint density at radius 1 is 1.19 bits per heavy atom. The molecule has 118 valence electrons. The van der Waals surface area contributed by atoms with Crippen molar-refractivity contribution in [3.63, 3.8) is 0 Å². The Hall–Kier alpha value is -1.52. The summed E-state index contributed by atoms with van der Waals surface area (Å²) in [6.07, 6.45) is -4.41. The van der Waals surface area contributed by atoms with Crippen LogP contribution in [0.1, 0.15) is 15.9 Å². The Morgan fingerprint density at radius 2 is 1.71 bits per heavy atom. The maximum absolute atomic E-state index is 12.3. The van der Waals surface area contributed by atoms with Gasteiger partial charge in [0.15, 0.2) is 5.96 Å². The number of nitrogens with one attached hydrogen (secondary N) is 2. The molecule has 21 heavy (non-hydrogen) atoms. The van der Waals surface area contributed by atoms with Crippen LogP contribution in [0.5, 0.6) is 0 Å². The third kappa shape index (κ3) is 6.65. The molecule has 0 bridgehead atoms. The largest absolute Gasteiger partial charge is 0.416 e. The normalized spacial score (nSPS) is 11.5. The number of carbonyl (C=O) groups is 1. The maximum Gasteiger partial charge on any atom is 0.416 e. The molecule has 0 heterocycles. The zero-order valence-electron chi connectivity index (χ0n) is 11.2. The number of aliphatic imine (C=N–C) groups is 1. The number of benzene rings is 1. The fourth-order valence-corrected chi connectivity index (χ4v) is 1.36. The van der Waals surface area contributed by atoms with E-state index >= 15 is 0 Å². The minimum absolute atomic E-state index is 0. The Morgan fingerprint density at radius 3 is 2.19 bits per heavy atom. The fraction of sp³-hybridized carbons (Fsp3) is 0.333. The quantitative estimate of drug-likeness (QED) is 0.302. The molecule has 0 radical (unpaired) electrons. The molecule has 4 N–H and O–H groups in total. The van der Waals surface area contributed by atoms with Gasteiger partial charge in [-0.3, -0.25) is 9.79 Å². The van der Waals surface area contributed by atoms with Crippen LogP contribution in [0.25, 0.3) is 0 Å². The van der Waals surface area contributed by atoms with E-state index in [9.17, 15) is 18.0 Å². The zero-order chi connectivity index (χ0) is 15.2. The summed E-state index contributed by atoms with van der Waals surface area (Å²) in [6, 6.07) is 4.00. The van der Waals surface area contributed by atoms with Gasteiger partial charge in [0, 0.05) is 25.7 Å². The lowest BCUT2D eigenvalue weighted by atomic mass is 10.1. The number of amides is 1. The molecule has 9 heteroatoms. The molecule has 1 aromatic rings. The number of carbonyl (C=O) groups excluding carboxylic acids is 1. The van der Waals surface area contributed by atoms with Crippen LogP contribution in [0.15, 0.2) is 29.3 Å². The first-order valence-corrected chi connectivity index (χ1v) is 5.76. The predicted molar refractivity (Wildman–Crippen MR) is 84.7 cm³/mol. The second kappa shape index (κ2) is 8.70. The Labute approximate surface area is 137 Å². The number of guanidine groups is 1. The molecule has 0 aliphatic rings. The standard InChI is InChI=1S/C12H15F3N4O.HI/c1-17-11(16)19-7-6-18-10(20)8-2-4-9(5-3-8)12(13,14)15;/h2-5H,6-7H2,1H3,(H,18,20)(H3,16,17,19);1H. The molecule has 0 aromatic heterocycles. The summed E-state index contributed by atoms with van der Waals surface area (Å²) < 4.78 is 37.0. The van der Waals surface area contributed by atoms with Crippen LogP contribution < -0.4 is 16.4 Å². The molecule has 0 aliphatic carbocycles. The monoisotopic (exact) mass is 416 g/mol. The van der Waals surface area contributed by atoms with Crippen LogP contribution in [0.2, 0.25) is 0 Å². The summed E-state index contributed by atoms with van der Waals surface area (Å²) in [5.74, 6) is -0.207. The topological polar surface area (TPSA) is 79.5 Å². The van der Waals surface area contributed by atoms with E-state index in [4.69, 9.17) is 5.73 Å². The highest BCUT2D eigenvalue weighted by molar-refractivity contribution is 14.0. The number of rotatable bonds is 4. The number of hydrogen-bond donors (Lipinski definition) is 3. The van der Waals surface area contributed by atoms with E-state index in [1.54, 1.807) is 0 Å². The molecule has 0 unspecified atom stereocenters. The molecule has 1 amide bonds. The van der Waals surface area contributed by atoms with Crippen molar-refractivity contribution < 1.29 is 18.0 Å². The molecule has 0 spiro atoms. The van der Waals surface area contributed by atoms with E-state index in [1.165, 1.54) is 7.05 Å². The van der Waals surface area contributed by atoms with Gasteiger partial charge in [-0.15, -0.1) is 24.0 Å². The minimum Gasteiger partial charge on any atom is -0.370 e. The molecule has 0 saturated heterocycles. The van der Waals surface area contributed by atoms with Crippen molar-refractivity contribution in [1.29, 1.82) is 0 Å². The Kier molecular flexibility index (Phi) is 8.07. The van der Waals surface area contributed by atoms with Crippen molar-refractivity contribution in [3.05, 3.63) is 35.4 Å². The summed E-state index contributed by atoms with van der Waals surface area (Å²) in [4.78, 5) is 15.3. The van der Waals surface area contributed by atoms with Gasteiger partial charge in [0.25, 0.3) is 5.91 Å². The van der Waals surface area contributed by atoms with Crippen molar-refractivity contribution in [2.75, 3.05) is 20.1 Å². The van der Waals surface area contributed by atoms with Crippen LogP contribution in [-0.2, 0) is 6.18 Å². The molecule has 0 saturated carbocycles. The highest BCUT2D eigenvalue weighted by Gasteiger charge is 2.30. The summed E-state index contributed by atoms with van der Waals surface area (Å²) in [7, 11) is 1.52. The van der Waals surface area contributed by atoms with Crippen LogP contribution in [0.3, 0.4) is 0 Å². The molecule has 0 fully saturated rings. The first kappa shape index (κ1) is 19.5. The molecular formula is C12H16F3IN4O. The average Bonchev–Trinajstić information content (AvgIpc) is 2.42. The lowest BCUT2D eigenvalue weighted by Crippen LogP contribution is -2.38. The van der Waals surface area contributed by atoms with E-state index < -0.39 is 17.6 Å². The van der Waals surface area contributed by atoms with Gasteiger partial charge in [0.05, 0.1) is 5.56 Å². The van der Waals surface area contributed by atoms with Crippen LogP contribution in [0.4, 0.5) is 13.2 Å². The first-order valence-electron chi connectivity index (χ1n) is 5.76. The van der Waals surface area contributed by atoms with Gasteiger partial charge in [-0.2, -0.15) is 13.2 Å². The molecular weight excluding hydrogens is 400 g/mol. The number of alkyl halides is 3. The van der Waals surface area contributed by atoms with Gasteiger partial charge < -0.3 is 16.4 Å². The van der Waals surface area contributed by atoms with E-state index in [-0.39, 0.29) is 42.0 Å². The summed E-state index contributed by atoms with van der Waals surface area (Å²) in [5, 5.41) is 5.28. The third-order valence-electron chi connectivity index (χ3n) is 2.43. The van der Waals surface area contributed by atoms with Crippen molar-refractivity contribution >= 4 is 35.8 Å². The number of hydrogen-bond acceptors (Lipinski definition) is 2. The molecule has 0 aliphatic heterocycles. The Bertz CT molecular complexity index is 488. The van der Waals surface area contributed by atoms with Crippen molar-refractivity contribution in [3.8, 4) is 0 Å². The second-order valence-corrected chi connectivity index (χ2v) is 3.87. The lowest BCUT2D eigenvalue weighted by molar-refractivity contribution is -0.137. The third-order valence-corrected chi connectivity index (χ3v) is 2.43.